The monoisotopic (exact) mass is 392 g/mol. The number of aromatic nitrogens is 1. The van der Waals surface area contributed by atoms with Crippen molar-refractivity contribution < 1.29 is 22.8 Å². The third-order valence-corrected chi connectivity index (χ3v) is 5.29. The third kappa shape index (κ3) is 3.70. The van der Waals surface area contributed by atoms with E-state index < -0.39 is 17.8 Å². The van der Waals surface area contributed by atoms with Gasteiger partial charge in [-0.05, 0) is 63.8 Å². The molecule has 0 bridgehead atoms. The lowest BCUT2D eigenvalue weighted by atomic mass is 10.0. The molecule has 1 fully saturated rings. The minimum Gasteiger partial charge on any atom is -0.354 e. The SMILES string of the molecule is CC(=O)c1c(C)[nH]c(C(=O)N(C2CC2)C(C)c2cccc(C(F)(F)F)c2)c1C. The number of amides is 1. The maximum absolute atomic E-state index is 13.3. The highest BCUT2D eigenvalue weighted by Gasteiger charge is 2.39. The second-order valence-corrected chi connectivity index (χ2v) is 7.42. The molecule has 0 aliphatic heterocycles. The number of H-pyrrole nitrogens is 1. The highest BCUT2D eigenvalue weighted by molar-refractivity contribution is 6.02. The summed E-state index contributed by atoms with van der Waals surface area (Å²) in [4.78, 5) is 29.8. The minimum absolute atomic E-state index is 0.0131. The predicted octanol–water partition coefficient (Wildman–Crippen LogP) is 5.22. The molecule has 1 aliphatic rings. The molecule has 2 aromatic rings. The van der Waals surface area contributed by atoms with E-state index in [4.69, 9.17) is 0 Å². The van der Waals surface area contributed by atoms with Crippen molar-refractivity contribution in [2.45, 2.75) is 58.8 Å². The van der Waals surface area contributed by atoms with Crippen molar-refractivity contribution in [3.05, 3.63) is 57.9 Å². The number of hydrogen-bond acceptors (Lipinski definition) is 2. The summed E-state index contributed by atoms with van der Waals surface area (Å²) in [7, 11) is 0. The number of carbonyl (C=O) groups excluding carboxylic acids is 2. The average molecular weight is 392 g/mol. The fourth-order valence-corrected chi connectivity index (χ4v) is 3.77. The molecule has 1 amide bonds. The van der Waals surface area contributed by atoms with Crippen molar-refractivity contribution in [1.82, 2.24) is 9.88 Å². The van der Waals surface area contributed by atoms with E-state index >= 15 is 0 Å². The lowest BCUT2D eigenvalue weighted by molar-refractivity contribution is -0.137. The molecular weight excluding hydrogens is 369 g/mol. The first-order chi connectivity index (χ1) is 13.0. The van der Waals surface area contributed by atoms with Crippen LogP contribution in [-0.2, 0) is 6.18 Å². The molecule has 1 aliphatic carbocycles. The van der Waals surface area contributed by atoms with Crippen molar-refractivity contribution in [3.8, 4) is 0 Å². The van der Waals surface area contributed by atoms with Gasteiger partial charge in [0.05, 0.1) is 11.6 Å². The standard InChI is InChI=1S/C21H23F3N2O2/c1-11-18(14(4)27)12(2)25-19(11)20(28)26(17-8-9-17)13(3)15-6-5-7-16(10-15)21(22,23)24/h5-7,10,13,17,25H,8-9H2,1-4H3. The molecular formula is C21H23F3N2O2. The largest absolute Gasteiger partial charge is 0.416 e. The number of benzene rings is 1. The molecule has 150 valence electrons. The van der Waals surface area contributed by atoms with Gasteiger partial charge in [-0.25, -0.2) is 0 Å². The van der Waals surface area contributed by atoms with Gasteiger partial charge in [0.15, 0.2) is 5.78 Å². The van der Waals surface area contributed by atoms with E-state index in [-0.39, 0.29) is 17.7 Å². The number of aryl methyl sites for hydroxylation is 1. The van der Waals surface area contributed by atoms with Crippen LogP contribution in [0.2, 0.25) is 0 Å². The summed E-state index contributed by atoms with van der Waals surface area (Å²) in [6.07, 6.45) is -2.81. The van der Waals surface area contributed by atoms with Crippen LogP contribution in [0.15, 0.2) is 24.3 Å². The van der Waals surface area contributed by atoms with Crippen LogP contribution in [0.4, 0.5) is 13.2 Å². The molecule has 1 unspecified atom stereocenters. The summed E-state index contributed by atoms with van der Waals surface area (Å²) < 4.78 is 39.3. The van der Waals surface area contributed by atoms with Gasteiger partial charge in [-0.15, -0.1) is 0 Å². The van der Waals surface area contributed by atoms with Crippen molar-refractivity contribution in [3.63, 3.8) is 0 Å². The number of rotatable bonds is 5. The number of aromatic amines is 1. The molecule has 1 aromatic heterocycles. The van der Waals surface area contributed by atoms with Crippen molar-refractivity contribution >= 4 is 11.7 Å². The van der Waals surface area contributed by atoms with Gasteiger partial charge in [-0.3, -0.25) is 9.59 Å². The van der Waals surface area contributed by atoms with Crippen molar-refractivity contribution in [2.75, 3.05) is 0 Å². The fraction of sp³-hybridized carbons (Fsp3) is 0.429. The second kappa shape index (κ2) is 7.11. The van der Waals surface area contributed by atoms with E-state index in [1.165, 1.54) is 13.0 Å². The van der Waals surface area contributed by atoms with E-state index in [0.29, 0.717) is 28.1 Å². The molecule has 0 radical (unpaired) electrons. The Bertz CT molecular complexity index is 926. The summed E-state index contributed by atoms with van der Waals surface area (Å²) >= 11 is 0. The Balaban J connectivity index is 1.98. The minimum atomic E-state index is -4.44. The third-order valence-electron chi connectivity index (χ3n) is 5.29. The van der Waals surface area contributed by atoms with Crippen LogP contribution in [-0.4, -0.2) is 27.6 Å². The summed E-state index contributed by atoms with van der Waals surface area (Å²) in [5.74, 6) is -0.422. The highest BCUT2D eigenvalue weighted by atomic mass is 19.4. The van der Waals surface area contributed by atoms with Crippen LogP contribution >= 0.6 is 0 Å². The normalized spacial score (nSPS) is 15.4. The Morgan fingerprint density at radius 2 is 1.86 bits per heavy atom. The van der Waals surface area contributed by atoms with Crippen molar-refractivity contribution in [2.24, 2.45) is 0 Å². The molecule has 1 saturated carbocycles. The van der Waals surface area contributed by atoms with E-state index in [2.05, 4.69) is 4.98 Å². The number of carbonyl (C=O) groups is 2. The lowest BCUT2D eigenvalue weighted by Gasteiger charge is -2.30. The Morgan fingerprint density at radius 1 is 1.21 bits per heavy atom. The number of Topliss-reactive ketones (excluding diaryl/α,β-unsaturated/α-hetero) is 1. The lowest BCUT2D eigenvalue weighted by Crippen LogP contribution is -2.36. The van der Waals surface area contributed by atoms with Crippen molar-refractivity contribution in [1.29, 1.82) is 0 Å². The first-order valence-corrected chi connectivity index (χ1v) is 9.22. The van der Waals surface area contributed by atoms with Crippen LogP contribution < -0.4 is 0 Å². The summed E-state index contributed by atoms with van der Waals surface area (Å²) in [6, 6.07) is 4.56. The van der Waals surface area contributed by atoms with Gasteiger partial charge in [-0.2, -0.15) is 13.2 Å². The Labute approximate surface area is 161 Å². The number of halogens is 3. The topological polar surface area (TPSA) is 53.2 Å². The van der Waals surface area contributed by atoms with Gasteiger partial charge in [0, 0.05) is 17.3 Å². The number of alkyl halides is 3. The summed E-state index contributed by atoms with van der Waals surface area (Å²) in [5, 5.41) is 0. The smallest absolute Gasteiger partial charge is 0.354 e. The number of nitrogens with zero attached hydrogens (tertiary/aromatic N) is 1. The maximum atomic E-state index is 13.3. The second-order valence-electron chi connectivity index (χ2n) is 7.42. The van der Waals surface area contributed by atoms with Crippen LogP contribution in [0.5, 0.6) is 0 Å². The first kappa shape index (κ1) is 20.2. The predicted molar refractivity (Wildman–Crippen MR) is 99.3 cm³/mol. The van der Waals surface area contributed by atoms with Gasteiger partial charge >= 0.3 is 6.18 Å². The van der Waals surface area contributed by atoms with Crippen LogP contribution in [0.25, 0.3) is 0 Å². The van der Waals surface area contributed by atoms with E-state index in [1.807, 2.05) is 0 Å². The molecule has 1 aromatic carbocycles. The molecule has 28 heavy (non-hydrogen) atoms. The molecule has 1 atom stereocenters. The molecule has 4 nitrogen and oxygen atoms in total. The zero-order valence-corrected chi connectivity index (χ0v) is 16.3. The number of hydrogen-bond donors (Lipinski definition) is 1. The van der Waals surface area contributed by atoms with Crippen LogP contribution in [0, 0.1) is 13.8 Å². The maximum Gasteiger partial charge on any atom is 0.416 e. The molecule has 0 saturated heterocycles. The zero-order chi connectivity index (χ0) is 20.8. The Kier molecular flexibility index (Phi) is 5.12. The average Bonchev–Trinajstić information content (AvgIpc) is 3.38. The van der Waals surface area contributed by atoms with Gasteiger partial charge < -0.3 is 9.88 Å². The number of nitrogens with one attached hydrogen (secondary N) is 1. The number of ketones is 1. The van der Waals surface area contributed by atoms with E-state index in [0.717, 1.165) is 25.0 Å². The molecule has 3 rings (SSSR count). The Morgan fingerprint density at radius 3 is 2.36 bits per heavy atom. The summed E-state index contributed by atoms with van der Waals surface area (Å²) in [5.41, 5.74) is 1.72. The van der Waals surface area contributed by atoms with E-state index in [1.54, 1.807) is 31.7 Å². The quantitative estimate of drug-likeness (QED) is 0.710. The van der Waals surface area contributed by atoms with Gasteiger partial charge in [0.25, 0.3) is 5.91 Å². The molecule has 7 heteroatoms. The van der Waals surface area contributed by atoms with Crippen LogP contribution in [0.3, 0.4) is 0 Å². The molecule has 1 N–H and O–H groups in total. The Hall–Kier alpha value is -2.57. The van der Waals surface area contributed by atoms with E-state index in [9.17, 15) is 22.8 Å². The van der Waals surface area contributed by atoms with Gasteiger partial charge in [-0.1, -0.05) is 12.1 Å². The summed E-state index contributed by atoms with van der Waals surface area (Å²) in [6.45, 7) is 6.63. The molecule has 0 spiro atoms. The highest BCUT2D eigenvalue weighted by Crippen LogP contribution is 2.38. The zero-order valence-electron chi connectivity index (χ0n) is 16.3. The fourth-order valence-electron chi connectivity index (χ4n) is 3.77. The van der Waals surface area contributed by atoms with Crippen LogP contribution in [0.1, 0.15) is 76.0 Å². The van der Waals surface area contributed by atoms with Gasteiger partial charge in [0.1, 0.15) is 5.69 Å². The van der Waals surface area contributed by atoms with Gasteiger partial charge in [0.2, 0.25) is 0 Å². The first-order valence-electron chi connectivity index (χ1n) is 9.22. The molecule has 1 heterocycles.